The third-order valence-electron chi connectivity index (χ3n) is 5.73. The van der Waals surface area contributed by atoms with E-state index in [0.717, 1.165) is 44.5 Å². The molecule has 7 nitrogen and oxygen atoms in total. The van der Waals surface area contributed by atoms with Gasteiger partial charge in [0.25, 0.3) is 0 Å². The van der Waals surface area contributed by atoms with Gasteiger partial charge in [0.1, 0.15) is 6.04 Å². The highest BCUT2D eigenvalue weighted by Crippen LogP contribution is 2.28. The van der Waals surface area contributed by atoms with E-state index in [1.165, 1.54) is 6.92 Å². The molecule has 0 bridgehead atoms. The summed E-state index contributed by atoms with van der Waals surface area (Å²) in [5.74, 6) is -0.439. The lowest BCUT2D eigenvalue weighted by molar-refractivity contribution is -0.134. The Kier molecular flexibility index (Phi) is 7.36. The Hall–Kier alpha value is -2.28. The van der Waals surface area contributed by atoms with Crippen molar-refractivity contribution in [3.63, 3.8) is 0 Å². The summed E-state index contributed by atoms with van der Waals surface area (Å²) in [5.41, 5.74) is 1.05. The minimum atomic E-state index is -0.553. The molecule has 2 fully saturated rings. The molecule has 1 aliphatic carbocycles. The summed E-state index contributed by atoms with van der Waals surface area (Å²) < 4.78 is 0. The van der Waals surface area contributed by atoms with Crippen LogP contribution in [0.4, 0.5) is 5.69 Å². The van der Waals surface area contributed by atoms with Gasteiger partial charge in [-0.2, -0.15) is 0 Å². The molecule has 3 amide bonds. The van der Waals surface area contributed by atoms with Crippen molar-refractivity contribution < 1.29 is 14.4 Å². The van der Waals surface area contributed by atoms with E-state index in [2.05, 4.69) is 15.5 Å². The molecule has 1 saturated carbocycles. The Morgan fingerprint density at radius 1 is 1.14 bits per heavy atom. The van der Waals surface area contributed by atoms with Gasteiger partial charge in [0, 0.05) is 43.8 Å². The van der Waals surface area contributed by atoms with Crippen molar-refractivity contribution in [2.24, 2.45) is 5.92 Å². The average Bonchev–Trinajstić information content (AvgIpc) is 3.24. The number of nitrogens with one attached hydrogen (secondary N) is 2. The van der Waals surface area contributed by atoms with Crippen molar-refractivity contribution in [3.8, 4) is 0 Å². The maximum absolute atomic E-state index is 12.6. The van der Waals surface area contributed by atoms with E-state index in [9.17, 15) is 14.4 Å². The van der Waals surface area contributed by atoms with Crippen LogP contribution >= 0.6 is 11.6 Å². The lowest BCUT2D eigenvalue weighted by atomic mass is 9.97. The van der Waals surface area contributed by atoms with Crippen LogP contribution in [0.25, 0.3) is 0 Å². The van der Waals surface area contributed by atoms with Gasteiger partial charge in [-0.1, -0.05) is 30.5 Å². The summed E-state index contributed by atoms with van der Waals surface area (Å²) in [5, 5.41) is 6.19. The lowest BCUT2D eigenvalue weighted by Crippen LogP contribution is -2.54. The van der Waals surface area contributed by atoms with Gasteiger partial charge in [0.15, 0.2) is 0 Å². The van der Waals surface area contributed by atoms with E-state index in [1.807, 2.05) is 24.3 Å². The van der Waals surface area contributed by atoms with Gasteiger partial charge in [-0.05, 0) is 37.0 Å². The number of benzene rings is 1. The van der Waals surface area contributed by atoms with Crippen LogP contribution in [-0.2, 0) is 14.4 Å². The molecule has 1 aromatic carbocycles. The largest absolute Gasteiger partial charge is 0.368 e. The van der Waals surface area contributed by atoms with Crippen LogP contribution in [-0.4, -0.2) is 61.4 Å². The third kappa shape index (κ3) is 5.85. The molecule has 0 spiro atoms. The molecule has 1 unspecified atom stereocenters. The highest BCUT2D eigenvalue weighted by atomic mass is 35.5. The molecule has 1 heterocycles. The fraction of sp³-hybridized carbons (Fsp3) is 0.571. The summed E-state index contributed by atoms with van der Waals surface area (Å²) in [7, 11) is 0. The van der Waals surface area contributed by atoms with Crippen LogP contribution in [0.5, 0.6) is 0 Å². The van der Waals surface area contributed by atoms with Crippen LogP contribution in [0.15, 0.2) is 24.3 Å². The number of carbonyl (C=O) groups excluding carboxylic acids is 3. The van der Waals surface area contributed by atoms with Gasteiger partial charge in [0.2, 0.25) is 17.7 Å². The monoisotopic (exact) mass is 420 g/mol. The summed E-state index contributed by atoms with van der Waals surface area (Å²) in [6, 6.07) is 7.13. The fourth-order valence-corrected chi connectivity index (χ4v) is 4.36. The molecule has 0 radical (unpaired) electrons. The topological polar surface area (TPSA) is 81.8 Å². The zero-order valence-electron chi connectivity index (χ0n) is 16.8. The molecule has 29 heavy (non-hydrogen) atoms. The molecular weight excluding hydrogens is 392 g/mol. The predicted molar refractivity (Wildman–Crippen MR) is 113 cm³/mol. The van der Waals surface area contributed by atoms with Gasteiger partial charge in [-0.25, -0.2) is 0 Å². The van der Waals surface area contributed by atoms with E-state index in [-0.39, 0.29) is 30.2 Å². The van der Waals surface area contributed by atoms with Crippen LogP contribution in [0.2, 0.25) is 5.02 Å². The second kappa shape index (κ2) is 9.96. The minimum Gasteiger partial charge on any atom is -0.368 e. The van der Waals surface area contributed by atoms with Crippen molar-refractivity contribution in [2.45, 2.75) is 38.6 Å². The Morgan fingerprint density at radius 2 is 1.83 bits per heavy atom. The number of amides is 3. The molecule has 2 N–H and O–H groups in total. The molecule has 1 aromatic rings. The van der Waals surface area contributed by atoms with Gasteiger partial charge in [-0.3, -0.25) is 14.4 Å². The summed E-state index contributed by atoms with van der Waals surface area (Å²) >= 11 is 6.06. The second-order valence-electron chi connectivity index (χ2n) is 7.79. The van der Waals surface area contributed by atoms with Crippen molar-refractivity contribution in [1.29, 1.82) is 0 Å². The molecular formula is C21H29ClN4O3. The van der Waals surface area contributed by atoms with Crippen molar-refractivity contribution >= 4 is 35.0 Å². The molecule has 0 aromatic heterocycles. The van der Waals surface area contributed by atoms with Crippen LogP contribution in [0.3, 0.4) is 0 Å². The van der Waals surface area contributed by atoms with E-state index in [4.69, 9.17) is 11.6 Å². The number of halogens is 1. The maximum atomic E-state index is 12.6. The number of hydrogen-bond acceptors (Lipinski definition) is 4. The van der Waals surface area contributed by atoms with E-state index in [0.29, 0.717) is 18.1 Å². The molecule has 1 aliphatic heterocycles. The Balaban J connectivity index is 1.47. The lowest BCUT2D eigenvalue weighted by Gasteiger charge is -2.36. The number of carbonyl (C=O) groups is 3. The molecule has 1 atom stereocenters. The first kappa shape index (κ1) is 21.4. The third-order valence-corrected chi connectivity index (χ3v) is 5.97. The average molecular weight is 421 g/mol. The standard InChI is InChI=1S/C21H29ClN4O3/c1-15(27)24-20(16-5-2-3-6-16)21(29)23-14-19(28)26-11-9-25(10-12-26)18-8-4-7-17(22)13-18/h4,7-8,13,16,20H,2-3,5-6,9-12,14H2,1H3,(H,23,29)(H,24,27). The van der Waals surface area contributed by atoms with Crippen LogP contribution in [0, 0.1) is 5.92 Å². The SMILES string of the molecule is CC(=O)NC(C(=O)NCC(=O)N1CCN(c2cccc(Cl)c2)CC1)C1CCCC1. The number of anilines is 1. The van der Waals surface area contributed by atoms with Gasteiger partial charge in [0.05, 0.1) is 6.54 Å². The second-order valence-corrected chi connectivity index (χ2v) is 8.22. The van der Waals surface area contributed by atoms with Gasteiger partial charge < -0.3 is 20.4 Å². The summed E-state index contributed by atoms with van der Waals surface area (Å²) in [6.45, 7) is 4.00. The normalized spacial score (nSPS) is 18.4. The van der Waals surface area contributed by atoms with Crippen molar-refractivity contribution in [2.75, 3.05) is 37.6 Å². The van der Waals surface area contributed by atoms with Crippen molar-refractivity contribution in [1.82, 2.24) is 15.5 Å². The highest BCUT2D eigenvalue weighted by molar-refractivity contribution is 6.30. The highest BCUT2D eigenvalue weighted by Gasteiger charge is 2.32. The fourth-order valence-electron chi connectivity index (χ4n) is 4.18. The molecule has 158 valence electrons. The minimum absolute atomic E-state index is 0.0429. The zero-order valence-corrected chi connectivity index (χ0v) is 17.6. The van der Waals surface area contributed by atoms with E-state index >= 15 is 0 Å². The number of nitrogens with zero attached hydrogens (tertiary/aromatic N) is 2. The molecule has 2 aliphatic rings. The number of piperazine rings is 1. The van der Waals surface area contributed by atoms with Gasteiger partial charge >= 0.3 is 0 Å². The van der Waals surface area contributed by atoms with E-state index < -0.39 is 6.04 Å². The Labute approximate surface area is 176 Å². The zero-order chi connectivity index (χ0) is 20.8. The van der Waals surface area contributed by atoms with Crippen LogP contribution in [0.1, 0.15) is 32.6 Å². The molecule has 1 saturated heterocycles. The van der Waals surface area contributed by atoms with E-state index in [1.54, 1.807) is 4.90 Å². The maximum Gasteiger partial charge on any atom is 0.243 e. The van der Waals surface area contributed by atoms with Crippen molar-refractivity contribution in [3.05, 3.63) is 29.3 Å². The van der Waals surface area contributed by atoms with Gasteiger partial charge in [-0.15, -0.1) is 0 Å². The number of hydrogen-bond donors (Lipinski definition) is 2. The smallest absolute Gasteiger partial charge is 0.243 e. The first-order chi connectivity index (χ1) is 13.9. The Morgan fingerprint density at radius 3 is 2.45 bits per heavy atom. The molecule has 8 heteroatoms. The number of rotatable bonds is 6. The summed E-state index contributed by atoms with van der Waals surface area (Å²) in [4.78, 5) is 40.6. The molecule has 3 rings (SSSR count). The predicted octanol–water partition coefficient (Wildman–Crippen LogP) is 1.80. The first-order valence-corrected chi connectivity index (χ1v) is 10.6. The summed E-state index contributed by atoms with van der Waals surface area (Å²) in [6.07, 6.45) is 4.00. The quantitative estimate of drug-likeness (QED) is 0.735. The Bertz CT molecular complexity index is 743. The first-order valence-electron chi connectivity index (χ1n) is 10.3. The van der Waals surface area contributed by atoms with Crippen LogP contribution < -0.4 is 15.5 Å².